The van der Waals surface area contributed by atoms with Gasteiger partial charge in [0, 0.05) is 38.9 Å². The number of nitrogens with one attached hydrogen (secondary N) is 1. The van der Waals surface area contributed by atoms with E-state index in [-0.39, 0.29) is 0 Å². The zero-order valence-electron chi connectivity index (χ0n) is 13.9. The Balaban J connectivity index is 2.20. The predicted molar refractivity (Wildman–Crippen MR) is 84.2 cm³/mol. The van der Waals surface area contributed by atoms with Crippen LogP contribution in [0.1, 0.15) is 40.0 Å². The van der Waals surface area contributed by atoms with Gasteiger partial charge < -0.3 is 14.8 Å². The van der Waals surface area contributed by atoms with E-state index in [1.165, 1.54) is 25.9 Å². The van der Waals surface area contributed by atoms with Crippen molar-refractivity contribution in [2.45, 2.75) is 52.1 Å². The molecule has 0 aliphatic carbocycles. The fourth-order valence-corrected chi connectivity index (χ4v) is 2.85. The van der Waals surface area contributed by atoms with E-state index in [2.05, 4.69) is 31.0 Å². The van der Waals surface area contributed by atoms with Gasteiger partial charge in [-0.1, -0.05) is 20.8 Å². The number of nitrogens with zero attached hydrogens (tertiary/aromatic N) is 1. The molecule has 120 valence electrons. The fourth-order valence-electron chi connectivity index (χ4n) is 2.85. The summed E-state index contributed by atoms with van der Waals surface area (Å²) in [6.45, 7) is 12.8. The Morgan fingerprint density at radius 3 is 2.65 bits per heavy atom. The lowest BCUT2D eigenvalue weighted by Crippen LogP contribution is -2.58. The summed E-state index contributed by atoms with van der Waals surface area (Å²) in [6, 6.07) is 1.36. The van der Waals surface area contributed by atoms with Gasteiger partial charge in [0.25, 0.3) is 0 Å². The molecule has 0 radical (unpaired) electrons. The average molecular weight is 286 g/mol. The van der Waals surface area contributed by atoms with Crippen molar-refractivity contribution in [1.29, 1.82) is 0 Å². The highest BCUT2D eigenvalue weighted by atomic mass is 16.5. The summed E-state index contributed by atoms with van der Waals surface area (Å²) in [6.07, 6.45) is 3.60. The Hall–Kier alpha value is -0.160. The minimum atomic E-state index is 0.669. The molecule has 20 heavy (non-hydrogen) atoms. The molecule has 0 aromatic carbocycles. The number of hydrogen-bond donors (Lipinski definition) is 1. The molecule has 1 fully saturated rings. The lowest BCUT2D eigenvalue weighted by molar-refractivity contribution is 0.0622. The molecule has 4 heteroatoms. The summed E-state index contributed by atoms with van der Waals surface area (Å²) in [5.74, 6) is 0.721. The highest BCUT2D eigenvalue weighted by Gasteiger charge is 2.28. The maximum atomic E-state index is 5.52. The summed E-state index contributed by atoms with van der Waals surface area (Å²) < 4.78 is 10.5. The SMILES string of the molecule is CCC1CN(CCCCOCCOC)C(C(C)C)CN1. The van der Waals surface area contributed by atoms with E-state index in [9.17, 15) is 0 Å². The zero-order valence-corrected chi connectivity index (χ0v) is 13.9. The number of unbranched alkanes of at least 4 members (excludes halogenated alkanes) is 1. The van der Waals surface area contributed by atoms with Crippen molar-refractivity contribution in [3.8, 4) is 0 Å². The first-order valence-electron chi connectivity index (χ1n) is 8.23. The van der Waals surface area contributed by atoms with E-state index in [0.29, 0.717) is 18.7 Å². The van der Waals surface area contributed by atoms with Crippen molar-refractivity contribution in [3.63, 3.8) is 0 Å². The molecule has 0 spiro atoms. The zero-order chi connectivity index (χ0) is 14.8. The summed E-state index contributed by atoms with van der Waals surface area (Å²) in [7, 11) is 1.71. The lowest BCUT2D eigenvalue weighted by Gasteiger charge is -2.42. The molecule has 2 atom stereocenters. The van der Waals surface area contributed by atoms with Crippen LogP contribution in [0.2, 0.25) is 0 Å². The molecule has 2 unspecified atom stereocenters. The van der Waals surface area contributed by atoms with Gasteiger partial charge in [-0.15, -0.1) is 0 Å². The highest BCUT2D eigenvalue weighted by molar-refractivity contribution is 4.87. The lowest BCUT2D eigenvalue weighted by atomic mass is 9.97. The number of piperazine rings is 1. The minimum Gasteiger partial charge on any atom is -0.382 e. The molecule has 1 aliphatic heterocycles. The Kier molecular flexibility index (Phi) is 9.44. The standard InChI is InChI=1S/C16H34N2O2/c1-5-15-13-18(16(12-17-15)14(2)3)8-6-7-9-20-11-10-19-4/h14-17H,5-13H2,1-4H3. The van der Waals surface area contributed by atoms with Crippen molar-refractivity contribution in [2.75, 3.05) is 46.6 Å². The first-order valence-corrected chi connectivity index (χ1v) is 8.23. The van der Waals surface area contributed by atoms with Crippen molar-refractivity contribution in [1.82, 2.24) is 10.2 Å². The molecule has 0 amide bonds. The van der Waals surface area contributed by atoms with Gasteiger partial charge >= 0.3 is 0 Å². The first-order chi connectivity index (χ1) is 9.69. The van der Waals surface area contributed by atoms with E-state index in [0.717, 1.165) is 32.1 Å². The van der Waals surface area contributed by atoms with Crippen LogP contribution in [0.4, 0.5) is 0 Å². The molecule has 1 heterocycles. The van der Waals surface area contributed by atoms with Crippen LogP contribution in [-0.2, 0) is 9.47 Å². The number of hydrogen-bond acceptors (Lipinski definition) is 4. The van der Waals surface area contributed by atoms with Gasteiger partial charge in [0.1, 0.15) is 0 Å². The van der Waals surface area contributed by atoms with Gasteiger partial charge in [0.15, 0.2) is 0 Å². The van der Waals surface area contributed by atoms with Crippen LogP contribution in [0.25, 0.3) is 0 Å². The predicted octanol–water partition coefficient (Wildman–Crippen LogP) is 2.14. The van der Waals surface area contributed by atoms with Crippen LogP contribution in [0.5, 0.6) is 0 Å². The molecule has 0 bridgehead atoms. The van der Waals surface area contributed by atoms with Crippen molar-refractivity contribution in [3.05, 3.63) is 0 Å². The van der Waals surface area contributed by atoms with E-state index in [4.69, 9.17) is 9.47 Å². The molecular formula is C16H34N2O2. The Labute approximate surface area is 125 Å². The molecule has 4 nitrogen and oxygen atoms in total. The van der Waals surface area contributed by atoms with Crippen LogP contribution in [0.3, 0.4) is 0 Å². The maximum Gasteiger partial charge on any atom is 0.0700 e. The van der Waals surface area contributed by atoms with Gasteiger partial charge in [-0.2, -0.15) is 0 Å². The second kappa shape index (κ2) is 10.6. The third kappa shape index (κ3) is 6.53. The van der Waals surface area contributed by atoms with Crippen LogP contribution < -0.4 is 5.32 Å². The molecule has 1 rings (SSSR count). The van der Waals surface area contributed by atoms with E-state index < -0.39 is 0 Å². The van der Waals surface area contributed by atoms with E-state index in [1.54, 1.807) is 7.11 Å². The largest absolute Gasteiger partial charge is 0.382 e. The summed E-state index contributed by atoms with van der Waals surface area (Å²) in [4.78, 5) is 2.69. The topological polar surface area (TPSA) is 33.7 Å². The third-order valence-electron chi connectivity index (χ3n) is 4.22. The molecule has 1 N–H and O–H groups in total. The van der Waals surface area contributed by atoms with Crippen molar-refractivity contribution in [2.24, 2.45) is 5.92 Å². The molecule has 0 saturated carbocycles. The highest BCUT2D eigenvalue weighted by Crippen LogP contribution is 2.17. The van der Waals surface area contributed by atoms with Crippen LogP contribution in [0.15, 0.2) is 0 Å². The van der Waals surface area contributed by atoms with Gasteiger partial charge in [-0.25, -0.2) is 0 Å². The Bertz CT molecular complexity index is 237. The molecule has 1 saturated heterocycles. The maximum absolute atomic E-state index is 5.52. The Morgan fingerprint density at radius 2 is 2.00 bits per heavy atom. The minimum absolute atomic E-state index is 0.669. The number of methoxy groups -OCH3 is 1. The molecule has 0 aromatic rings. The van der Waals surface area contributed by atoms with Crippen molar-refractivity contribution < 1.29 is 9.47 Å². The summed E-state index contributed by atoms with van der Waals surface area (Å²) in [5.41, 5.74) is 0. The normalized spacial score (nSPS) is 24.4. The molecule has 0 aromatic heterocycles. The summed E-state index contributed by atoms with van der Waals surface area (Å²) >= 11 is 0. The second-order valence-electron chi connectivity index (χ2n) is 6.13. The van der Waals surface area contributed by atoms with Crippen LogP contribution in [-0.4, -0.2) is 63.5 Å². The number of rotatable bonds is 10. The van der Waals surface area contributed by atoms with Crippen LogP contribution in [0, 0.1) is 5.92 Å². The molecule has 1 aliphatic rings. The van der Waals surface area contributed by atoms with Gasteiger partial charge in [-0.3, -0.25) is 4.90 Å². The van der Waals surface area contributed by atoms with E-state index >= 15 is 0 Å². The average Bonchev–Trinajstić information content (AvgIpc) is 2.45. The van der Waals surface area contributed by atoms with Gasteiger partial charge in [0.05, 0.1) is 13.2 Å². The van der Waals surface area contributed by atoms with Gasteiger partial charge in [-0.05, 0) is 31.7 Å². The van der Waals surface area contributed by atoms with Gasteiger partial charge in [0.2, 0.25) is 0 Å². The first kappa shape index (κ1) is 17.9. The third-order valence-corrected chi connectivity index (χ3v) is 4.22. The van der Waals surface area contributed by atoms with Crippen molar-refractivity contribution >= 4 is 0 Å². The monoisotopic (exact) mass is 286 g/mol. The quantitative estimate of drug-likeness (QED) is 0.624. The smallest absolute Gasteiger partial charge is 0.0700 e. The second-order valence-corrected chi connectivity index (χ2v) is 6.13. The number of ether oxygens (including phenoxy) is 2. The Morgan fingerprint density at radius 1 is 1.20 bits per heavy atom. The van der Waals surface area contributed by atoms with Crippen LogP contribution >= 0.6 is 0 Å². The molecular weight excluding hydrogens is 252 g/mol. The summed E-state index contributed by atoms with van der Waals surface area (Å²) in [5, 5.41) is 3.67. The van der Waals surface area contributed by atoms with E-state index in [1.807, 2.05) is 0 Å². The fraction of sp³-hybridized carbons (Fsp3) is 1.00.